The van der Waals surface area contributed by atoms with Crippen LogP contribution in [0.5, 0.6) is 17.2 Å². The van der Waals surface area contributed by atoms with E-state index in [0.717, 1.165) is 45.1 Å². The van der Waals surface area contributed by atoms with Crippen molar-refractivity contribution in [2.45, 2.75) is 52.2 Å². The van der Waals surface area contributed by atoms with E-state index in [1.165, 1.54) is 12.7 Å². The second kappa shape index (κ2) is 11.4. The van der Waals surface area contributed by atoms with E-state index in [9.17, 15) is 9.59 Å². The van der Waals surface area contributed by atoms with Crippen LogP contribution in [-0.2, 0) is 20.9 Å². The van der Waals surface area contributed by atoms with Crippen LogP contribution in [0, 0.1) is 13.8 Å². The summed E-state index contributed by atoms with van der Waals surface area (Å²) in [5, 5.41) is 0. The molecule has 1 atom stereocenters. The van der Waals surface area contributed by atoms with Crippen LogP contribution in [-0.4, -0.2) is 49.7 Å². The second-order valence-corrected chi connectivity index (χ2v) is 10.3. The zero-order valence-electron chi connectivity index (χ0n) is 23.0. The van der Waals surface area contributed by atoms with Gasteiger partial charge in [0, 0.05) is 24.0 Å². The molecule has 1 saturated heterocycles. The SMILES string of the molecule is CCC(=O)N1CC(Oc2cc(C)c(-c3cccc(COc4ccc5c(c4)OC[C@H]5CC(=O)OC)c3)c(C)c2)C1. The maximum absolute atomic E-state index is 11.8. The van der Waals surface area contributed by atoms with Crippen molar-refractivity contribution in [1.29, 1.82) is 0 Å². The number of carbonyl (C=O) groups excluding carboxylic acids is 2. The van der Waals surface area contributed by atoms with Gasteiger partial charge in [0.2, 0.25) is 5.91 Å². The maximum atomic E-state index is 11.8. The summed E-state index contributed by atoms with van der Waals surface area (Å²) in [5.41, 5.74) is 6.67. The average molecular weight is 530 g/mol. The molecule has 3 aromatic rings. The molecule has 39 heavy (non-hydrogen) atoms. The van der Waals surface area contributed by atoms with Crippen molar-refractivity contribution in [3.05, 3.63) is 76.9 Å². The zero-order valence-corrected chi connectivity index (χ0v) is 23.0. The van der Waals surface area contributed by atoms with E-state index in [2.05, 4.69) is 44.2 Å². The Morgan fingerprint density at radius 3 is 2.49 bits per heavy atom. The van der Waals surface area contributed by atoms with Gasteiger partial charge in [0.15, 0.2) is 0 Å². The van der Waals surface area contributed by atoms with Crippen molar-refractivity contribution in [2.24, 2.45) is 0 Å². The molecule has 7 heteroatoms. The van der Waals surface area contributed by atoms with Crippen molar-refractivity contribution in [2.75, 3.05) is 26.8 Å². The molecule has 1 amide bonds. The van der Waals surface area contributed by atoms with Crippen LogP contribution in [0.1, 0.15) is 47.9 Å². The number of amides is 1. The standard InChI is InChI=1S/C32H35NO6/c1-5-30(34)33-16-27(17-33)39-26-11-20(2)32(21(3)12-26)23-8-6-7-22(13-23)18-37-25-9-10-28-24(14-31(35)36-4)19-38-29(28)15-25/h6-13,15,24,27H,5,14,16-19H2,1-4H3/t24-/m1/s1. The van der Waals surface area contributed by atoms with E-state index in [1.54, 1.807) is 0 Å². The smallest absolute Gasteiger partial charge is 0.306 e. The molecule has 204 valence electrons. The van der Waals surface area contributed by atoms with Gasteiger partial charge in [-0.15, -0.1) is 0 Å². The molecule has 2 heterocycles. The fourth-order valence-electron chi connectivity index (χ4n) is 5.36. The second-order valence-electron chi connectivity index (χ2n) is 10.3. The Hall–Kier alpha value is -4.00. The number of nitrogens with zero attached hydrogens (tertiary/aromatic N) is 1. The molecular formula is C32H35NO6. The molecule has 0 bridgehead atoms. The van der Waals surface area contributed by atoms with Crippen LogP contribution in [0.15, 0.2) is 54.6 Å². The monoisotopic (exact) mass is 529 g/mol. The van der Waals surface area contributed by atoms with Crippen molar-refractivity contribution in [3.8, 4) is 28.4 Å². The lowest BCUT2D eigenvalue weighted by molar-refractivity contribution is -0.141. The predicted octanol–water partition coefficient (Wildman–Crippen LogP) is 5.59. The summed E-state index contributed by atoms with van der Waals surface area (Å²) in [6, 6.07) is 18.3. The van der Waals surface area contributed by atoms with Crippen LogP contribution in [0.2, 0.25) is 0 Å². The fraction of sp³-hybridized carbons (Fsp3) is 0.375. The third-order valence-electron chi connectivity index (χ3n) is 7.44. The third kappa shape index (κ3) is 5.87. The van der Waals surface area contributed by atoms with Crippen LogP contribution >= 0.6 is 0 Å². The number of aryl methyl sites for hydroxylation is 2. The Morgan fingerprint density at radius 2 is 1.77 bits per heavy atom. The summed E-state index contributed by atoms with van der Waals surface area (Å²) in [6.07, 6.45) is 0.889. The molecule has 2 aliphatic heterocycles. The first-order valence-corrected chi connectivity index (χ1v) is 13.5. The minimum Gasteiger partial charge on any atom is -0.492 e. The number of hydrogen-bond acceptors (Lipinski definition) is 6. The lowest BCUT2D eigenvalue weighted by Crippen LogP contribution is -2.56. The Balaban J connectivity index is 1.23. The van der Waals surface area contributed by atoms with E-state index in [1.807, 2.05) is 36.1 Å². The summed E-state index contributed by atoms with van der Waals surface area (Å²) in [7, 11) is 1.40. The molecule has 2 aliphatic rings. The first kappa shape index (κ1) is 26.6. The fourth-order valence-corrected chi connectivity index (χ4v) is 5.36. The summed E-state index contributed by atoms with van der Waals surface area (Å²) in [6.45, 7) is 8.28. The molecule has 1 fully saturated rings. The van der Waals surface area contributed by atoms with Gasteiger partial charge < -0.3 is 23.8 Å². The van der Waals surface area contributed by atoms with Crippen molar-refractivity contribution < 1.29 is 28.5 Å². The topological polar surface area (TPSA) is 74.3 Å². The Kier molecular flexibility index (Phi) is 7.77. The number of benzene rings is 3. The van der Waals surface area contributed by atoms with E-state index in [0.29, 0.717) is 39.1 Å². The molecule has 0 spiro atoms. The maximum Gasteiger partial charge on any atom is 0.306 e. The van der Waals surface area contributed by atoms with Gasteiger partial charge in [0.1, 0.15) is 30.0 Å². The highest BCUT2D eigenvalue weighted by Gasteiger charge is 2.31. The van der Waals surface area contributed by atoms with Crippen LogP contribution in [0.3, 0.4) is 0 Å². The highest BCUT2D eigenvalue weighted by molar-refractivity contribution is 5.77. The highest BCUT2D eigenvalue weighted by Crippen LogP contribution is 2.39. The Labute approximate surface area is 229 Å². The van der Waals surface area contributed by atoms with Crippen molar-refractivity contribution >= 4 is 11.9 Å². The lowest BCUT2D eigenvalue weighted by Gasteiger charge is -2.39. The summed E-state index contributed by atoms with van der Waals surface area (Å²) >= 11 is 0. The van der Waals surface area contributed by atoms with E-state index in [4.69, 9.17) is 18.9 Å². The number of hydrogen-bond donors (Lipinski definition) is 0. The summed E-state index contributed by atoms with van der Waals surface area (Å²) in [5.74, 6) is 2.27. The number of methoxy groups -OCH3 is 1. The van der Waals surface area contributed by atoms with Gasteiger partial charge in [-0.1, -0.05) is 31.2 Å². The van der Waals surface area contributed by atoms with Crippen LogP contribution < -0.4 is 14.2 Å². The van der Waals surface area contributed by atoms with Gasteiger partial charge in [-0.2, -0.15) is 0 Å². The molecule has 0 aromatic heterocycles. The molecule has 3 aromatic carbocycles. The Morgan fingerprint density at radius 1 is 1.00 bits per heavy atom. The van der Waals surface area contributed by atoms with Crippen molar-refractivity contribution in [1.82, 2.24) is 4.90 Å². The predicted molar refractivity (Wildman–Crippen MR) is 148 cm³/mol. The molecule has 0 aliphatic carbocycles. The number of rotatable bonds is 9. The molecule has 0 saturated carbocycles. The normalized spacial score (nSPS) is 16.2. The molecule has 5 rings (SSSR count). The number of fused-ring (bicyclic) bond motifs is 1. The van der Waals surface area contributed by atoms with Crippen molar-refractivity contribution in [3.63, 3.8) is 0 Å². The third-order valence-corrected chi connectivity index (χ3v) is 7.44. The average Bonchev–Trinajstić information content (AvgIpc) is 3.30. The minimum atomic E-state index is -0.237. The van der Waals surface area contributed by atoms with Gasteiger partial charge >= 0.3 is 5.97 Å². The molecule has 0 N–H and O–H groups in total. The van der Waals surface area contributed by atoms with Gasteiger partial charge in [-0.05, 0) is 65.9 Å². The molecule has 0 radical (unpaired) electrons. The largest absolute Gasteiger partial charge is 0.492 e. The van der Waals surface area contributed by atoms with Gasteiger partial charge in [-0.3, -0.25) is 9.59 Å². The molecule has 7 nitrogen and oxygen atoms in total. The minimum absolute atomic E-state index is 0.00937. The first-order valence-electron chi connectivity index (χ1n) is 13.5. The summed E-state index contributed by atoms with van der Waals surface area (Å²) < 4.78 is 22.9. The van der Waals surface area contributed by atoms with Gasteiger partial charge in [-0.25, -0.2) is 0 Å². The number of carbonyl (C=O) groups is 2. The quantitative estimate of drug-likeness (QED) is 0.337. The number of ether oxygens (including phenoxy) is 4. The van der Waals surface area contributed by atoms with Crippen LogP contribution in [0.4, 0.5) is 0 Å². The van der Waals surface area contributed by atoms with Gasteiger partial charge in [0.05, 0.1) is 33.2 Å². The number of likely N-dealkylation sites (tertiary alicyclic amines) is 1. The van der Waals surface area contributed by atoms with Gasteiger partial charge in [0.25, 0.3) is 0 Å². The Bertz CT molecular complexity index is 1350. The lowest BCUT2D eigenvalue weighted by atomic mass is 9.94. The molecule has 0 unspecified atom stereocenters. The molecular weight excluding hydrogens is 494 g/mol. The summed E-state index contributed by atoms with van der Waals surface area (Å²) in [4.78, 5) is 25.3. The number of esters is 1. The van der Waals surface area contributed by atoms with E-state index >= 15 is 0 Å². The highest BCUT2D eigenvalue weighted by atomic mass is 16.5. The first-order chi connectivity index (χ1) is 18.8. The van der Waals surface area contributed by atoms with Crippen LogP contribution in [0.25, 0.3) is 11.1 Å². The van der Waals surface area contributed by atoms with E-state index in [-0.39, 0.29) is 23.9 Å². The van der Waals surface area contributed by atoms with E-state index < -0.39 is 0 Å². The zero-order chi connectivity index (χ0) is 27.5.